The Balaban J connectivity index is 1.73. The maximum Gasteiger partial charge on any atom is 0.251 e. The Labute approximate surface area is 125 Å². The Hall–Kier alpha value is -2.13. The van der Waals surface area contributed by atoms with E-state index >= 15 is 0 Å². The summed E-state index contributed by atoms with van der Waals surface area (Å²) >= 11 is 0. The van der Waals surface area contributed by atoms with Crippen LogP contribution < -0.4 is 10.6 Å². The van der Waals surface area contributed by atoms with Crippen LogP contribution in [0.5, 0.6) is 0 Å². The first-order valence-electron chi connectivity index (χ1n) is 7.42. The molecule has 2 aromatic rings. The molecule has 1 unspecified atom stereocenters. The van der Waals surface area contributed by atoms with E-state index in [1.165, 1.54) is 11.1 Å². The zero-order valence-electron chi connectivity index (χ0n) is 12.2. The van der Waals surface area contributed by atoms with Crippen LogP contribution in [0.1, 0.15) is 40.0 Å². The zero-order valence-corrected chi connectivity index (χ0v) is 12.2. The van der Waals surface area contributed by atoms with Gasteiger partial charge in [0.2, 0.25) is 0 Å². The number of amides is 1. The molecule has 108 valence electrons. The van der Waals surface area contributed by atoms with Crippen LogP contribution in [0.15, 0.2) is 48.5 Å². The molecule has 0 spiro atoms. The van der Waals surface area contributed by atoms with E-state index in [0.29, 0.717) is 0 Å². The van der Waals surface area contributed by atoms with Crippen LogP contribution >= 0.6 is 0 Å². The van der Waals surface area contributed by atoms with Crippen molar-refractivity contribution in [3.63, 3.8) is 0 Å². The molecular weight excluding hydrogens is 260 g/mol. The van der Waals surface area contributed by atoms with Gasteiger partial charge in [-0.25, -0.2) is 0 Å². The summed E-state index contributed by atoms with van der Waals surface area (Å²) in [6.45, 7) is 3.89. The summed E-state index contributed by atoms with van der Waals surface area (Å²) in [6, 6.07) is 16.0. The maximum atomic E-state index is 12.4. The molecule has 2 aromatic carbocycles. The van der Waals surface area contributed by atoms with Gasteiger partial charge in [-0.1, -0.05) is 36.4 Å². The molecule has 1 aliphatic rings. The number of carbonyl (C=O) groups is 1. The summed E-state index contributed by atoms with van der Waals surface area (Å²) in [7, 11) is 0. The number of carbonyl (C=O) groups excluding carboxylic acids is 1. The smallest absolute Gasteiger partial charge is 0.251 e. The predicted molar refractivity (Wildman–Crippen MR) is 84.2 cm³/mol. The fourth-order valence-electron chi connectivity index (χ4n) is 2.72. The van der Waals surface area contributed by atoms with Gasteiger partial charge in [0.15, 0.2) is 0 Å². The maximum absolute atomic E-state index is 12.4. The third-order valence-electron chi connectivity index (χ3n) is 4.00. The molecular formula is C18H20N2O. The molecule has 0 radical (unpaired) electrons. The van der Waals surface area contributed by atoms with E-state index < -0.39 is 0 Å². The number of hydrogen-bond donors (Lipinski definition) is 2. The van der Waals surface area contributed by atoms with Crippen molar-refractivity contribution in [2.45, 2.75) is 25.9 Å². The molecule has 0 aliphatic carbocycles. The van der Waals surface area contributed by atoms with E-state index in [-0.39, 0.29) is 11.9 Å². The van der Waals surface area contributed by atoms with Crippen molar-refractivity contribution in [1.29, 1.82) is 0 Å². The Morgan fingerprint density at radius 1 is 1.14 bits per heavy atom. The molecule has 0 fully saturated rings. The highest BCUT2D eigenvalue weighted by atomic mass is 16.1. The molecule has 0 saturated carbocycles. The van der Waals surface area contributed by atoms with Gasteiger partial charge in [0.25, 0.3) is 5.91 Å². The van der Waals surface area contributed by atoms with E-state index in [9.17, 15) is 4.79 Å². The van der Waals surface area contributed by atoms with Crippen LogP contribution in [-0.2, 0) is 13.0 Å². The zero-order chi connectivity index (χ0) is 14.7. The number of rotatable bonds is 3. The molecule has 1 aliphatic heterocycles. The van der Waals surface area contributed by atoms with E-state index in [2.05, 4.69) is 16.7 Å². The molecule has 3 rings (SSSR count). The summed E-state index contributed by atoms with van der Waals surface area (Å²) < 4.78 is 0. The molecule has 2 N–H and O–H groups in total. The minimum absolute atomic E-state index is 0.00677. The monoisotopic (exact) mass is 280 g/mol. The van der Waals surface area contributed by atoms with E-state index in [1.807, 2.05) is 49.4 Å². The van der Waals surface area contributed by atoms with Gasteiger partial charge >= 0.3 is 0 Å². The van der Waals surface area contributed by atoms with Gasteiger partial charge in [0, 0.05) is 12.1 Å². The molecule has 3 nitrogen and oxygen atoms in total. The molecule has 0 saturated heterocycles. The van der Waals surface area contributed by atoms with Gasteiger partial charge < -0.3 is 10.6 Å². The largest absolute Gasteiger partial charge is 0.346 e. The first-order valence-corrected chi connectivity index (χ1v) is 7.42. The third-order valence-corrected chi connectivity index (χ3v) is 4.00. The summed E-state index contributed by atoms with van der Waals surface area (Å²) in [6.07, 6.45) is 0.991. The lowest BCUT2D eigenvalue weighted by molar-refractivity contribution is 0.0939. The van der Waals surface area contributed by atoms with Crippen molar-refractivity contribution in [1.82, 2.24) is 10.6 Å². The van der Waals surface area contributed by atoms with Gasteiger partial charge in [-0.2, -0.15) is 0 Å². The molecule has 21 heavy (non-hydrogen) atoms. The highest BCUT2D eigenvalue weighted by Gasteiger charge is 2.14. The summed E-state index contributed by atoms with van der Waals surface area (Å²) in [5.41, 5.74) is 4.45. The SMILES string of the molecule is CC(NC(=O)c1ccc2c(c1)CCNC2)c1ccccc1. The van der Waals surface area contributed by atoms with Gasteiger partial charge in [-0.05, 0) is 48.7 Å². The second kappa shape index (κ2) is 6.10. The number of benzene rings is 2. The first-order chi connectivity index (χ1) is 10.2. The lowest BCUT2D eigenvalue weighted by Gasteiger charge is -2.19. The number of nitrogens with one attached hydrogen (secondary N) is 2. The molecule has 1 amide bonds. The summed E-state index contributed by atoms with van der Waals surface area (Å²) in [4.78, 5) is 12.4. The van der Waals surface area contributed by atoms with Crippen molar-refractivity contribution >= 4 is 5.91 Å². The molecule has 1 heterocycles. The van der Waals surface area contributed by atoms with E-state index in [0.717, 1.165) is 30.6 Å². The second-order valence-corrected chi connectivity index (χ2v) is 5.52. The molecule has 0 aromatic heterocycles. The average molecular weight is 280 g/mol. The Morgan fingerprint density at radius 2 is 1.95 bits per heavy atom. The lowest BCUT2D eigenvalue weighted by Crippen LogP contribution is -2.28. The Bertz CT molecular complexity index is 637. The van der Waals surface area contributed by atoms with Crippen LogP contribution in [0.2, 0.25) is 0 Å². The van der Waals surface area contributed by atoms with Gasteiger partial charge in [0.05, 0.1) is 6.04 Å². The van der Waals surface area contributed by atoms with Crippen LogP contribution in [-0.4, -0.2) is 12.5 Å². The Kier molecular flexibility index (Phi) is 4.02. The van der Waals surface area contributed by atoms with Crippen LogP contribution in [0.25, 0.3) is 0 Å². The van der Waals surface area contributed by atoms with Crippen molar-refractivity contribution in [2.24, 2.45) is 0 Å². The standard InChI is InChI=1S/C18H20N2O/c1-13(14-5-3-2-4-6-14)20-18(21)16-7-8-17-12-19-10-9-15(17)11-16/h2-8,11,13,19H,9-10,12H2,1H3,(H,20,21). The lowest BCUT2D eigenvalue weighted by atomic mass is 9.98. The average Bonchev–Trinajstić information content (AvgIpc) is 2.55. The van der Waals surface area contributed by atoms with Crippen molar-refractivity contribution in [3.8, 4) is 0 Å². The number of fused-ring (bicyclic) bond motifs is 1. The van der Waals surface area contributed by atoms with Crippen LogP contribution in [0.3, 0.4) is 0 Å². The number of hydrogen-bond acceptors (Lipinski definition) is 2. The second-order valence-electron chi connectivity index (χ2n) is 5.52. The van der Waals surface area contributed by atoms with Crippen molar-refractivity contribution < 1.29 is 4.79 Å². The van der Waals surface area contributed by atoms with Crippen LogP contribution in [0, 0.1) is 0 Å². The highest BCUT2D eigenvalue weighted by molar-refractivity contribution is 5.94. The fourth-order valence-corrected chi connectivity index (χ4v) is 2.72. The van der Waals surface area contributed by atoms with Gasteiger partial charge in [-0.15, -0.1) is 0 Å². The van der Waals surface area contributed by atoms with E-state index in [4.69, 9.17) is 0 Å². The molecule has 1 atom stereocenters. The van der Waals surface area contributed by atoms with Gasteiger partial charge in [-0.3, -0.25) is 4.79 Å². The Morgan fingerprint density at radius 3 is 2.76 bits per heavy atom. The van der Waals surface area contributed by atoms with Crippen LogP contribution in [0.4, 0.5) is 0 Å². The summed E-state index contributed by atoms with van der Waals surface area (Å²) in [5, 5.41) is 6.41. The minimum Gasteiger partial charge on any atom is -0.346 e. The van der Waals surface area contributed by atoms with E-state index in [1.54, 1.807) is 0 Å². The topological polar surface area (TPSA) is 41.1 Å². The molecule has 3 heteroatoms. The third kappa shape index (κ3) is 3.14. The normalized spacial score (nSPS) is 15.1. The quantitative estimate of drug-likeness (QED) is 0.907. The van der Waals surface area contributed by atoms with Crippen molar-refractivity contribution in [3.05, 3.63) is 70.8 Å². The highest BCUT2D eigenvalue weighted by Crippen LogP contribution is 2.17. The summed E-state index contributed by atoms with van der Waals surface area (Å²) in [5.74, 6) is -0.00677. The predicted octanol–water partition coefficient (Wildman–Crippen LogP) is 2.82. The fraction of sp³-hybridized carbons (Fsp3) is 0.278. The molecule has 0 bridgehead atoms. The van der Waals surface area contributed by atoms with Gasteiger partial charge in [0.1, 0.15) is 0 Å². The first kappa shape index (κ1) is 13.8. The minimum atomic E-state index is -0.00677. The van der Waals surface area contributed by atoms with Crippen molar-refractivity contribution in [2.75, 3.05) is 6.54 Å².